The molecule has 1 amide bonds. The summed E-state index contributed by atoms with van der Waals surface area (Å²) in [5.41, 5.74) is 0.0817. The lowest BCUT2D eigenvalue weighted by Gasteiger charge is -2.40. The van der Waals surface area contributed by atoms with Gasteiger partial charge in [-0.15, -0.1) is 0 Å². The summed E-state index contributed by atoms with van der Waals surface area (Å²) in [4.78, 5) is 26.6. The minimum Gasteiger partial charge on any atom is -0.444 e. The standard InChI is InChI=1S/C18H25NO4/c1-13-11-22-12-15(19(13)17(21)23-18(2,3)4)10-16(20)14-8-6-5-7-9-14/h5-9,13,15H,10-12H2,1-4H3. The van der Waals surface area contributed by atoms with Crippen molar-refractivity contribution >= 4 is 11.9 Å². The van der Waals surface area contributed by atoms with Crippen LogP contribution in [0, 0.1) is 0 Å². The lowest BCUT2D eigenvalue weighted by atomic mass is 10.0. The summed E-state index contributed by atoms with van der Waals surface area (Å²) < 4.78 is 11.0. The predicted molar refractivity (Wildman–Crippen MR) is 87.5 cm³/mol. The smallest absolute Gasteiger partial charge is 0.410 e. The van der Waals surface area contributed by atoms with E-state index in [0.717, 1.165) is 0 Å². The maximum absolute atomic E-state index is 12.5. The van der Waals surface area contributed by atoms with Crippen molar-refractivity contribution in [2.24, 2.45) is 0 Å². The van der Waals surface area contributed by atoms with Gasteiger partial charge >= 0.3 is 6.09 Å². The van der Waals surface area contributed by atoms with Crippen LogP contribution in [0.5, 0.6) is 0 Å². The summed E-state index contributed by atoms with van der Waals surface area (Å²) in [6.45, 7) is 8.21. The lowest BCUT2D eigenvalue weighted by Crippen LogP contribution is -2.55. The first kappa shape index (κ1) is 17.5. The Balaban J connectivity index is 2.11. The van der Waals surface area contributed by atoms with Crippen LogP contribution in [0.3, 0.4) is 0 Å². The molecule has 1 aliphatic rings. The van der Waals surface area contributed by atoms with E-state index in [1.807, 2.05) is 45.9 Å². The molecule has 1 fully saturated rings. The summed E-state index contributed by atoms with van der Waals surface area (Å²) in [6, 6.07) is 8.68. The molecule has 126 valence electrons. The zero-order valence-electron chi connectivity index (χ0n) is 14.2. The molecular formula is C18H25NO4. The van der Waals surface area contributed by atoms with Crippen LogP contribution in [-0.4, -0.2) is 47.7 Å². The van der Waals surface area contributed by atoms with E-state index in [4.69, 9.17) is 9.47 Å². The molecule has 1 saturated heterocycles. The van der Waals surface area contributed by atoms with Gasteiger partial charge in [0.1, 0.15) is 5.60 Å². The quantitative estimate of drug-likeness (QED) is 0.802. The Morgan fingerprint density at radius 2 is 1.87 bits per heavy atom. The molecule has 1 aromatic rings. The van der Waals surface area contributed by atoms with E-state index in [-0.39, 0.29) is 30.4 Å². The van der Waals surface area contributed by atoms with Crippen molar-refractivity contribution in [1.82, 2.24) is 4.90 Å². The van der Waals surface area contributed by atoms with E-state index in [1.165, 1.54) is 0 Å². The van der Waals surface area contributed by atoms with E-state index in [0.29, 0.717) is 18.8 Å². The number of carbonyl (C=O) groups is 2. The monoisotopic (exact) mass is 319 g/mol. The first-order valence-electron chi connectivity index (χ1n) is 7.95. The van der Waals surface area contributed by atoms with Gasteiger partial charge in [-0.05, 0) is 27.7 Å². The van der Waals surface area contributed by atoms with Gasteiger partial charge in [-0.2, -0.15) is 0 Å². The highest BCUT2D eigenvalue weighted by molar-refractivity contribution is 5.96. The van der Waals surface area contributed by atoms with E-state index in [9.17, 15) is 9.59 Å². The van der Waals surface area contributed by atoms with Gasteiger partial charge in [-0.25, -0.2) is 4.79 Å². The Morgan fingerprint density at radius 1 is 1.22 bits per heavy atom. The molecule has 0 aromatic heterocycles. The topological polar surface area (TPSA) is 55.8 Å². The van der Waals surface area contributed by atoms with Crippen molar-refractivity contribution in [1.29, 1.82) is 0 Å². The molecule has 2 rings (SSSR count). The second-order valence-corrected chi connectivity index (χ2v) is 6.92. The maximum atomic E-state index is 12.5. The fourth-order valence-electron chi connectivity index (χ4n) is 2.65. The molecule has 2 atom stereocenters. The van der Waals surface area contributed by atoms with E-state index < -0.39 is 5.60 Å². The zero-order valence-corrected chi connectivity index (χ0v) is 14.2. The molecule has 0 radical (unpaired) electrons. The minimum atomic E-state index is -0.566. The number of hydrogen-bond acceptors (Lipinski definition) is 4. The zero-order chi connectivity index (χ0) is 17.0. The molecule has 23 heavy (non-hydrogen) atoms. The second-order valence-electron chi connectivity index (χ2n) is 6.92. The van der Waals surface area contributed by atoms with Crippen LogP contribution in [0.1, 0.15) is 44.5 Å². The highest BCUT2D eigenvalue weighted by Crippen LogP contribution is 2.21. The van der Waals surface area contributed by atoms with Gasteiger partial charge < -0.3 is 9.47 Å². The molecule has 2 unspecified atom stereocenters. The van der Waals surface area contributed by atoms with Gasteiger partial charge in [0, 0.05) is 12.0 Å². The predicted octanol–water partition coefficient (Wildman–Crippen LogP) is 3.28. The van der Waals surface area contributed by atoms with Gasteiger partial charge in [0.15, 0.2) is 5.78 Å². The highest BCUT2D eigenvalue weighted by atomic mass is 16.6. The van der Waals surface area contributed by atoms with E-state index in [1.54, 1.807) is 17.0 Å². The van der Waals surface area contributed by atoms with Gasteiger partial charge in [0.25, 0.3) is 0 Å². The molecule has 5 nitrogen and oxygen atoms in total. The van der Waals surface area contributed by atoms with Crippen molar-refractivity contribution in [3.05, 3.63) is 35.9 Å². The highest BCUT2D eigenvalue weighted by Gasteiger charge is 2.36. The van der Waals surface area contributed by atoms with Gasteiger partial charge in [0.05, 0.1) is 25.3 Å². The van der Waals surface area contributed by atoms with E-state index in [2.05, 4.69) is 0 Å². The molecule has 0 saturated carbocycles. The van der Waals surface area contributed by atoms with Crippen LogP contribution in [0.15, 0.2) is 30.3 Å². The minimum absolute atomic E-state index is 0.00172. The van der Waals surface area contributed by atoms with Crippen LogP contribution in [0.4, 0.5) is 4.79 Å². The molecule has 1 aliphatic heterocycles. The van der Waals surface area contributed by atoms with Crippen molar-refractivity contribution in [2.45, 2.75) is 51.8 Å². The van der Waals surface area contributed by atoms with Crippen molar-refractivity contribution in [3.8, 4) is 0 Å². The number of ketones is 1. The number of carbonyl (C=O) groups excluding carboxylic acids is 2. The molecular weight excluding hydrogens is 294 g/mol. The third-order valence-corrected chi connectivity index (χ3v) is 3.66. The molecule has 1 heterocycles. The summed E-state index contributed by atoms with van der Waals surface area (Å²) >= 11 is 0. The second kappa shape index (κ2) is 7.13. The number of morpholine rings is 1. The van der Waals surface area contributed by atoms with Crippen LogP contribution in [-0.2, 0) is 9.47 Å². The van der Waals surface area contributed by atoms with Crippen molar-refractivity contribution in [2.75, 3.05) is 13.2 Å². The fraction of sp³-hybridized carbons (Fsp3) is 0.556. The Labute approximate surface area is 137 Å². The molecule has 0 bridgehead atoms. The van der Waals surface area contributed by atoms with Gasteiger partial charge in [-0.1, -0.05) is 30.3 Å². The summed E-state index contributed by atoms with van der Waals surface area (Å²) in [6.07, 6.45) is -0.160. The number of ether oxygens (including phenoxy) is 2. The normalized spacial score (nSPS) is 21.8. The van der Waals surface area contributed by atoms with Gasteiger partial charge in [0.2, 0.25) is 0 Å². The molecule has 0 N–H and O–H groups in total. The molecule has 5 heteroatoms. The average molecular weight is 319 g/mol. The Morgan fingerprint density at radius 3 is 2.48 bits per heavy atom. The number of nitrogens with zero attached hydrogens (tertiary/aromatic N) is 1. The van der Waals surface area contributed by atoms with Crippen LogP contribution >= 0.6 is 0 Å². The Kier molecular flexibility index (Phi) is 5.42. The fourth-order valence-corrected chi connectivity index (χ4v) is 2.65. The first-order valence-corrected chi connectivity index (χ1v) is 7.95. The largest absolute Gasteiger partial charge is 0.444 e. The number of Topliss-reactive ketones (excluding diaryl/α,β-unsaturated/α-hetero) is 1. The molecule has 0 aliphatic carbocycles. The molecule has 1 aromatic carbocycles. The van der Waals surface area contributed by atoms with Crippen molar-refractivity contribution < 1.29 is 19.1 Å². The third kappa shape index (κ3) is 4.79. The van der Waals surface area contributed by atoms with Crippen LogP contribution < -0.4 is 0 Å². The first-order chi connectivity index (χ1) is 10.8. The summed E-state index contributed by atoms with van der Waals surface area (Å²) in [5, 5.41) is 0. The lowest BCUT2D eigenvalue weighted by molar-refractivity contribution is -0.0558. The molecule has 0 spiro atoms. The van der Waals surface area contributed by atoms with E-state index >= 15 is 0 Å². The Hall–Kier alpha value is -1.88. The van der Waals surface area contributed by atoms with Gasteiger partial charge in [-0.3, -0.25) is 9.69 Å². The Bertz CT molecular complexity index is 550. The van der Waals surface area contributed by atoms with Crippen LogP contribution in [0.2, 0.25) is 0 Å². The third-order valence-electron chi connectivity index (χ3n) is 3.66. The summed E-state index contributed by atoms with van der Waals surface area (Å²) in [7, 11) is 0. The summed E-state index contributed by atoms with van der Waals surface area (Å²) in [5.74, 6) is 0.00172. The number of amides is 1. The number of rotatable bonds is 3. The SMILES string of the molecule is CC1COCC(CC(=O)c2ccccc2)N1C(=O)OC(C)(C)C. The maximum Gasteiger partial charge on any atom is 0.410 e. The number of benzene rings is 1. The van der Waals surface area contributed by atoms with Crippen molar-refractivity contribution in [3.63, 3.8) is 0 Å². The number of hydrogen-bond donors (Lipinski definition) is 0. The average Bonchev–Trinajstić information content (AvgIpc) is 2.46. The van der Waals surface area contributed by atoms with Crippen LogP contribution in [0.25, 0.3) is 0 Å².